The molecule has 4 rings (SSSR count). The fourth-order valence-electron chi connectivity index (χ4n) is 4.38. The number of Topliss-reactive ketones (excluding diaryl/α,β-unsaturated/α-hetero) is 1. The van der Waals surface area contributed by atoms with Crippen molar-refractivity contribution in [1.29, 1.82) is 0 Å². The Kier molecular flexibility index (Phi) is 8.53. The average molecular weight is 536 g/mol. The molecule has 3 aromatic rings. The average Bonchev–Trinajstić information content (AvgIpc) is 2.92. The molecule has 0 aromatic heterocycles. The molecule has 0 aliphatic carbocycles. The number of carbonyl (C=O) groups is 4. The van der Waals surface area contributed by atoms with Gasteiger partial charge in [0.05, 0.1) is 6.54 Å². The molecule has 7 nitrogen and oxygen atoms in total. The molecule has 3 amide bonds. The molecule has 1 atom stereocenters. The van der Waals surface area contributed by atoms with E-state index in [1.165, 1.54) is 29.2 Å². The van der Waals surface area contributed by atoms with Gasteiger partial charge in [0.15, 0.2) is 5.78 Å². The van der Waals surface area contributed by atoms with E-state index in [4.69, 9.17) is 11.6 Å². The molecule has 0 spiro atoms. The van der Waals surface area contributed by atoms with Gasteiger partial charge in [-0.25, -0.2) is 4.39 Å². The monoisotopic (exact) mass is 535 g/mol. The lowest BCUT2D eigenvalue weighted by molar-refractivity contribution is -0.142. The number of nitrogens with one attached hydrogen (secondary N) is 2. The summed E-state index contributed by atoms with van der Waals surface area (Å²) in [6.45, 7) is 1.76. The number of rotatable bonds is 8. The van der Waals surface area contributed by atoms with E-state index >= 15 is 0 Å². The summed E-state index contributed by atoms with van der Waals surface area (Å²) >= 11 is 6.02. The van der Waals surface area contributed by atoms with Gasteiger partial charge in [-0.05, 0) is 66.1 Å². The lowest BCUT2D eigenvalue weighted by Gasteiger charge is -2.36. The summed E-state index contributed by atoms with van der Waals surface area (Å²) in [6, 6.07) is 16.9. The maximum absolute atomic E-state index is 13.2. The Morgan fingerprint density at radius 2 is 1.68 bits per heavy atom. The second-order valence-electron chi connectivity index (χ2n) is 9.17. The Morgan fingerprint density at radius 1 is 0.974 bits per heavy atom. The highest BCUT2D eigenvalue weighted by Crippen LogP contribution is 2.25. The first-order valence-electron chi connectivity index (χ1n) is 12.2. The predicted molar refractivity (Wildman–Crippen MR) is 142 cm³/mol. The highest BCUT2D eigenvalue weighted by Gasteiger charge is 2.34. The van der Waals surface area contributed by atoms with Gasteiger partial charge in [0.1, 0.15) is 11.9 Å². The standard InChI is InChI=1S/C29H27ClFN3O4/c1-18-14-23(10-11-24(18)30)33-27(36)16-32-29(38)25-15-20-4-2-3-5-21(20)17-34(25)28(37)13-12-26(35)19-6-8-22(31)9-7-19/h2-11,14,25H,12-13,15-17H2,1H3,(H,32,38)(H,33,36). The number of amides is 3. The van der Waals surface area contributed by atoms with E-state index in [0.29, 0.717) is 16.3 Å². The quantitative estimate of drug-likeness (QED) is 0.416. The zero-order valence-electron chi connectivity index (χ0n) is 20.8. The minimum absolute atomic E-state index is 0.0696. The summed E-state index contributed by atoms with van der Waals surface area (Å²) in [6.07, 6.45) is 0.121. The van der Waals surface area contributed by atoms with Gasteiger partial charge in [-0.15, -0.1) is 0 Å². The second-order valence-corrected chi connectivity index (χ2v) is 9.58. The second kappa shape index (κ2) is 12.0. The van der Waals surface area contributed by atoms with Gasteiger partial charge < -0.3 is 15.5 Å². The SMILES string of the molecule is Cc1cc(NC(=O)CNC(=O)C2Cc3ccccc3CN2C(=O)CCC(=O)c2ccc(F)cc2)ccc1Cl. The van der Waals surface area contributed by atoms with Crippen LogP contribution in [-0.2, 0) is 27.3 Å². The highest BCUT2D eigenvalue weighted by molar-refractivity contribution is 6.31. The molecule has 0 radical (unpaired) electrons. The number of benzene rings is 3. The molecule has 0 saturated heterocycles. The Balaban J connectivity index is 1.40. The van der Waals surface area contributed by atoms with Gasteiger partial charge in [0.25, 0.3) is 0 Å². The van der Waals surface area contributed by atoms with E-state index in [1.807, 2.05) is 31.2 Å². The zero-order valence-corrected chi connectivity index (χ0v) is 21.6. The maximum Gasteiger partial charge on any atom is 0.243 e. The molecule has 38 heavy (non-hydrogen) atoms. The molecule has 1 aliphatic heterocycles. The van der Waals surface area contributed by atoms with Crippen molar-refractivity contribution >= 4 is 40.8 Å². The molecule has 0 saturated carbocycles. The van der Waals surface area contributed by atoms with Crippen molar-refractivity contribution in [3.63, 3.8) is 0 Å². The number of aryl methyl sites for hydroxylation is 1. The van der Waals surface area contributed by atoms with Crippen LogP contribution < -0.4 is 10.6 Å². The van der Waals surface area contributed by atoms with E-state index in [2.05, 4.69) is 10.6 Å². The van der Waals surface area contributed by atoms with E-state index in [0.717, 1.165) is 16.7 Å². The summed E-state index contributed by atoms with van der Waals surface area (Å²) < 4.78 is 13.2. The van der Waals surface area contributed by atoms with Crippen LogP contribution in [0.15, 0.2) is 66.7 Å². The third-order valence-corrected chi connectivity index (χ3v) is 6.89. The number of fused-ring (bicyclic) bond motifs is 1. The van der Waals surface area contributed by atoms with Gasteiger partial charge >= 0.3 is 0 Å². The fourth-order valence-corrected chi connectivity index (χ4v) is 4.49. The van der Waals surface area contributed by atoms with Crippen LogP contribution in [0.25, 0.3) is 0 Å². The summed E-state index contributed by atoms with van der Waals surface area (Å²) in [5.41, 5.74) is 3.55. The first-order valence-corrected chi connectivity index (χ1v) is 12.6. The first kappa shape index (κ1) is 27.0. The number of carbonyl (C=O) groups excluding carboxylic acids is 4. The van der Waals surface area contributed by atoms with Crippen LogP contribution in [-0.4, -0.2) is 41.0 Å². The summed E-state index contributed by atoms with van der Waals surface area (Å²) in [5, 5.41) is 5.93. The van der Waals surface area contributed by atoms with Crippen LogP contribution in [0.5, 0.6) is 0 Å². The molecule has 0 bridgehead atoms. The van der Waals surface area contributed by atoms with Crippen molar-refractivity contribution in [2.75, 3.05) is 11.9 Å². The minimum Gasteiger partial charge on any atom is -0.345 e. The van der Waals surface area contributed by atoms with E-state index in [1.54, 1.807) is 18.2 Å². The Bertz CT molecular complexity index is 1380. The number of ketones is 1. The van der Waals surface area contributed by atoms with E-state index in [-0.39, 0.29) is 44.0 Å². The maximum atomic E-state index is 13.2. The topological polar surface area (TPSA) is 95.6 Å². The number of nitrogens with zero attached hydrogens (tertiary/aromatic N) is 1. The third kappa shape index (κ3) is 6.63. The van der Waals surface area contributed by atoms with Crippen LogP contribution in [0.3, 0.4) is 0 Å². The zero-order chi connectivity index (χ0) is 27.2. The highest BCUT2D eigenvalue weighted by atomic mass is 35.5. The van der Waals surface area contributed by atoms with Crippen molar-refractivity contribution in [2.45, 2.75) is 38.8 Å². The van der Waals surface area contributed by atoms with Gasteiger partial charge in [-0.2, -0.15) is 0 Å². The molecule has 1 aliphatic rings. The predicted octanol–water partition coefficient (Wildman–Crippen LogP) is 4.46. The molecule has 3 aromatic carbocycles. The van der Waals surface area contributed by atoms with Crippen molar-refractivity contribution in [1.82, 2.24) is 10.2 Å². The molecule has 196 valence electrons. The number of hydrogen-bond acceptors (Lipinski definition) is 4. The van der Waals surface area contributed by atoms with E-state index in [9.17, 15) is 23.6 Å². The van der Waals surface area contributed by atoms with Crippen LogP contribution >= 0.6 is 11.6 Å². The molecule has 1 heterocycles. The molecule has 0 fully saturated rings. The molecular weight excluding hydrogens is 509 g/mol. The largest absolute Gasteiger partial charge is 0.345 e. The minimum atomic E-state index is -0.830. The lowest BCUT2D eigenvalue weighted by atomic mass is 9.93. The fraction of sp³-hybridized carbons (Fsp3) is 0.241. The molecular formula is C29H27ClFN3O4. The summed E-state index contributed by atoms with van der Waals surface area (Å²) in [4.78, 5) is 52.8. The van der Waals surface area contributed by atoms with Crippen LogP contribution in [0.1, 0.15) is 39.9 Å². The molecule has 1 unspecified atom stereocenters. The molecule has 9 heteroatoms. The van der Waals surface area contributed by atoms with Gasteiger partial charge in [-0.3, -0.25) is 19.2 Å². The third-order valence-electron chi connectivity index (χ3n) is 6.47. The number of hydrogen-bond donors (Lipinski definition) is 2. The number of halogens is 2. The van der Waals surface area contributed by atoms with Crippen LogP contribution in [0.4, 0.5) is 10.1 Å². The van der Waals surface area contributed by atoms with Crippen molar-refractivity contribution in [2.24, 2.45) is 0 Å². The Labute approximate surface area is 225 Å². The van der Waals surface area contributed by atoms with Crippen LogP contribution in [0, 0.1) is 12.7 Å². The van der Waals surface area contributed by atoms with Crippen molar-refractivity contribution in [3.8, 4) is 0 Å². The Morgan fingerprint density at radius 3 is 2.39 bits per heavy atom. The van der Waals surface area contributed by atoms with Crippen molar-refractivity contribution < 1.29 is 23.6 Å². The normalized spacial score (nSPS) is 14.4. The Hall–Kier alpha value is -4.04. The van der Waals surface area contributed by atoms with Crippen molar-refractivity contribution in [3.05, 3.63) is 99.8 Å². The number of anilines is 1. The van der Waals surface area contributed by atoms with Gasteiger partial charge in [-0.1, -0.05) is 35.9 Å². The smallest absolute Gasteiger partial charge is 0.243 e. The first-order chi connectivity index (χ1) is 18.2. The van der Waals surface area contributed by atoms with Crippen LogP contribution in [0.2, 0.25) is 5.02 Å². The van der Waals surface area contributed by atoms with E-state index < -0.39 is 23.7 Å². The summed E-state index contributed by atoms with van der Waals surface area (Å²) in [7, 11) is 0. The summed E-state index contributed by atoms with van der Waals surface area (Å²) in [5.74, 6) is -1.96. The lowest BCUT2D eigenvalue weighted by Crippen LogP contribution is -2.53. The molecule has 2 N–H and O–H groups in total. The van der Waals surface area contributed by atoms with Gasteiger partial charge in [0.2, 0.25) is 17.7 Å². The van der Waals surface area contributed by atoms with Gasteiger partial charge in [0, 0.05) is 42.1 Å².